The zero-order valence-electron chi connectivity index (χ0n) is 16.3. The molecule has 0 aromatic heterocycles. The SMILES string of the molecule is CC(C)(C)OC(=O)C(Oc1cc(N)ccc1C(C)(C)C)C1CCNC1. The third kappa shape index (κ3) is 5.36. The van der Waals surface area contributed by atoms with E-state index in [2.05, 4.69) is 26.1 Å². The molecule has 1 aliphatic rings. The fraction of sp³-hybridized carbons (Fsp3) is 0.650. The maximum Gasteiger partial charge on any atom is 0.348 e. The van der Waals surface area contributed by atoms with E-state index in [0.717, 1.165) is 25.1 Å². The van der Waals surface area contributed by atoms with Gasteiger partial charge in [0.25, 0.3) is 0 Å². The van der Waals surface area contributed by atoms with Crippen LogP contribution in [0.1, 0.15) is 53.5 Å². The Hall–Kier alpha value is -1.75. The van der Waals surface area contributed by atoms with Gasteiger partial charge in [0, 0.05) is 24.2 Å². The summed E-state index contributed by atoms with van der Waals surface area (Å²) in [5.41, 5.74) is 6.96. The van der Waals surface area contributed by atoms with Crippen LogP contribution in [0.4, 0.5) is 5.69 Å². The van der Waals surface area contributed by atoms with E-state index >= 15 is 0 Å². The Balaban J connectivity index is 2.33. The number of rotatable bonds is 4. The number of hydrogen-bond donors (Lipinski definition) is 2. The van der Waals surface area contributed by atoms with E-state index in [1.165, 1.54) is 0 Å². The Labute approximate surface area is 151 Å². The van der Waals surface area contributed by atoms with Crippen LogP contribution >= 0.6 is 0 Å². The zero-order chi connectivity index (χ0) is 18.8. The molecule has 0 bridgehead atoms. The lowest BCUT2D eigenvalue weighted by Gasteiger charge is -2.30. The molecule has 0 saturated carbocycles. The molecule has 2 rings (SSSR count). The number of nitrogens with two attached hydrogens (primary N) is 1. The number of esters is 1. The summed E-state index contributed by atoms with van der Waals surface area (Å²) in [5, 5.41) is 3.30. The molecule has 5 heteroatoms. The van der Waals surface area contributed by atoms with Gasteiger partial charge in [-0.1, -0.05) is 26.8 Å². The van der Waals surface area contributed by atoms with E-state index in [9.17, 15) is 4.79 Å². The van der Waals surface area contributed by atoms with Gasteiger partial charge in [0.2, 0.25) is 0 Å². The van der Waals surface area contributed by atoms with Crippen LogP contribution in [0.15, 0.2) is 18.2 Å². The van der Waals surface area contributed by atoms with Crippen LogP contribution in [0.5, 0.6) is 5.75 Å². The molecule has 140 valence electrons. The molecule has 1 aromatic carbocycles. The van der Waals surface area contributed by atoms with Crippen molar-refractivity contribution in [3.8, 4) is 5.75 Å². The van der Waals surface area contributed by atoms with Crippen molar-refractivity contribution in [2.24, 2.45) is 5.92 Å². The van der Waals surface area contributed by atoms with Crippen LogP contribution in [-0.4, -0.2) is 30.8 Å². The van der Waals surface area contributed by atoms with Crippen LogP contribution in [0.25, 0.3) is 0 Å². The monoisotopic (exact) mass is 348 g/mol. The molecule has 1 aliphatic heterocycles. The van der Waals surface area contributed by atoms with Gasteiger partial charge in [-0.2, -0.15) is 0 Å². The number of carbonyl (C=O) groups excluding carboxylic acids is 1. The quantitative estimate of drug-likeness (QED) is 0.645. The molecule has 0 spiro atoms. The first-order valence-corrected chi connectivity index (χ1v) is 8.97. The topological polar surface area (TPSA) is 73.6 Å². The highest BCUT2D eigenvalue weighted by Crippen LogP contribution is 2.35. The van der Waals surface area contributed by atoms with E-state index in [4.69, 9.17) is 15.2 Å². The van der Waals surface area contributed by atoms with Crippen molar-refractivity contribution < 1.29 is 14.3 Å². The average Bonchev–Trinajstić information content (AvgIpc) is 2.95. The number of nitrogens with one attached hydrogen (secondary N) is 1. The molecular weight excluding hydrogens is 316 g/mol. The number of anilines is 1. The largest absolute Gasteiger partial charge is 0.478 e. The first kappa shape index (κ1) is 19.6. The van der Waals surface area contributed by atoms with Crippen molar-refractivity contribution in [2.75, 3.05) is 18.8 Å². The average molecular weight is 348 g/mol. The summed E-state index contributed by atoms with van der Waals surface area (Å²) in [4.78, 5) is 12.8. The van der Waals surface area contributed by atoms with Gasteiger partial charge in [0.1, 0.15) is 11.4 Å². The third-order valence-electron chi connectivity index (χ3n) is 4.23. The molecule has 2 atom stereocenters. The summed E-state index contributed by atoms with van der Waals surface area (Å²) in [7, 11) is 0. The number of ether oxygens (including phenoxy) is 2. The van der Waals surface area contributed by atoms with Crippen molar-refractivity contribution in [2.45, 2.75) is 65.1 Å². The molecule has 1 heterocycles. The highest BCUT2D eigenvalue weighted by Gasteiger charge is 2.36. The Bertz CT molecular complexity index is 608. The Morgan fingerprint density at radius 1 is 1.24 bits per heavy atom. The van der Waals surface area contributed by atoms with Crippen LogP contribution in [-0.2, 0) is 14.9 Å². The summed E-state index contributed by atoms with van der Waals surface area (Å²) in [6.07, 6.45) is 0.244. The summed E-state index contributed by atoms with van der Waals surface area (Å²) in [6.45, 7) is 13.6. The number of carbonyl (C=O) groups is 1. The highest BCUT2D eigenvalue weighted by atomic mass is 16.6. The summed E-state index contributed by atoms with van der Waals surface area (Å²) >= 11 is 0. The van der Waals surface area contributed by atoms with Crippen LogP contribution in [0, 0.1) is 5.92 Å². The molecule has 0 amide bonds. The van der Waals surface area contributed by atoms with Crippen molar-refractivity contribution in [3.63, 3.8) is 0 Å². The minimum Gasteiger partial charge on any atom is -0.478 e. The molecular formula is C20H32N2O3. The van der Waals surface area contributed by atoms with Crippen molar-refractivity contribution in [1.82, 2.24) is 5.32 Å². The number of benzene rings is 1. The van der Waals surface area contributed by atoms with Gasteiger partial charge in [0.15, 0.2) is 6.10 Å². The lowest BCUT2D eigenvalue weighted by molar-refractivity contribution is -0.165. The highest BCUT2D eigenvalue weighted by molar-refractivity contribution is 5.76. The molecule has 1 saturated heterocycles. The van der Waals surface area contributed by atoms with E-state index in [0.29, 0.717) is 11.4 Å². The molecule has 3 N–H and O–H groups in total. The summed E-state index contributed by atoms with van der Waals surface area (Å²) < 4.78 is 11.9. The fourth-order valence-electron chi connectivity index (χ4n) is 3.02. The predicted octanol–water partition coefficient (Wildman–Crippen LogP) is 3.26. The second-order valence-corrected chi connectivity index (χ2v) is 8.83. The Morgan fingerprint density at radius 3 is 2.44 bits per heavy atom. The smallest absolute Gasteiger partial charge is 0.348 e. The molecule has 1 fully saturated rings. The second kappa shape index (κ2) is 7.24. The van der Waals surface area contributed by atoms with Gasteiger partial charge in [0.05, 0.1) is 0 Å². The van der Waals surface area contributed by atoms with E-state index < -0.39 is 11.7 Å². The number of nitrogen functional groups attached to an aromatic ring is 1. The van der Waals surface area contributed by atoms with Crippen molar-refractivity contribution >= 4 is 11.7 Å². The fourth-order valence-corrected chi connectivity index (χ4v) is 3.02. The standard InChI is InChI=1S/C20H32N2O3/c1-19(2,3)15-8-7-14(21)11-16(15)24-17(13-9-10-22-12-13)18(23)25-20(4,5)6/h7-8,11,13,17,22H,9-10,12,21H2,1-6H3. The van der Waals surface area contributed by atoms with Gasteiger partial charge >= 0.3 is 5.97 Å². The van der Waals surface area contributed by atoms with Gasteiger partial charge in [-0.3, -0.25) is 0 Å². The van der Waals surface area contributed by atoms with Gasteiger partial charge < -0.3 is 20.5 Å². The second-order valence-electron chi connectivity index (χ2n) is 8.83. The maximum absolute atomic E-state index is 12.8. The van der Waals surface area contributed by atoms with Crippen LogP contribution in [0.2, 0.25) is 0 Å². The summed E-state index contributed by atoms with van der Waals surface area (Å²) in [5.74, 6) is 0.433. The molecule has 25 heavy (non-hydrogen) atoms. The molecule has 0 radical (unpaired) electrons. The van der Waals surface area contributed by atoms with Crippen molar-refractivity contribution in [3.05, 3.63) is 23.8 Å². The molecule has 1 aromatic rings. The van der Waals surface area contributed by atoms with Crippen LogP contribution in [0.3, 0.4) is 0 Å². The summed E-state index contributed by atoms with van der Waals surface area (Å²) in [6, 6.07) is 5.65. The lowest BCUT2D eigenvalue weighted by atomic mass is 9.86. The van der Waals surface area contributed by atoms with Crippen LogP contribution < -0.4 is 15.8 Å². The molecule has 2 unspecified atom stereocenters. The van der Waals surface area contributed by atoms with Crippen molar-refractivity contribution in [1.29, 1.82) is 0 Å². The minimum atomic E-state index is -0.642. The Kier molecular flexibility index (Phi) is 5.67. The zero-order valence-corrected chi connectivity index (χ0v) is 16.3. The van der Waals surface area contributed by atoms with E-state index in [-0.39, 0.29) is 17.3 Å². The first-order valence-electron chi connectivity index (χ1n) is 8.97. The molecule has 5 nitrogen and oxygen atoms in total. The lowest BCUT2D eigenvalue weighted by Crippen LogP contribution is -2.41. The van der Waals surface area contributed by atoms with E-state index in [1.54, 1.807) is 6.07 Å². The first-order chi connectivity index (χ1) is 11.5. The van der Waals surface area contributed by atoms with Gasteiger partial charge in [-0.25, -0.2) is 4.79 Å². The normalized spacial score (nSPS) is 19.5. The Morgan fingerprint density at radius 2 is 1.92 bits per heavy atom. The maximum atomic E-state index is 12.8. The molecule has 0 aliphatic carbocycles. The van der Waals surface area contributed by atoms with Gasteiger partial charge in [-0.15, -0.1) is 0 Å². The van der Waals surface area contributed by atoms with E-state index in [1.807, 2.05) is 32.9 Å². The predicted molar refractivity (Wildman–Crippen MR) is 101 cm³/mol. The minimum absolute atomic E-state index is 0.0871. The van der Waals surface area contributed by atoms with Gasteiger partial charge in [-0.05, 0) is 50.8 Å². The third-order valence-corrected chi connectivity index (χ3v) is 4.23. The number of hydrogen-bond acceptors (Lipinski definition) is 5.